The summed E-state index contributed by atoms with van der Waals surface area (Å²) in [6.45, 7) is 4.98. The first-order valence-corrected chi connectivity index (χ1v) is 9.08. The van der Waals surface area contributed by atoms with Gasteiger partial charge in [0.25, 0.3) is 5.91 Å². The monoisotopic (exact) mass is 389 g/mol. The molecule has 2 rings (SSSR count). The number of carbonyl (C=O) groups excluding carboxylic acids is 1. The minimum Gasteiger partial charge on any atom is -0.483 e. The maximum absolute atomic E-state index is 11.9. The van der Waals surface area contributed by atoms with Gasteiger partial charge in [0.15, 0.2) is 6.61 Å². The van der Waals surface area contributed by atoms with Gasteiger partial charge in [-0.15, -0.1) is 0 Å². The van der Waals surface area contributed by atoms with Crippen LogP contribution in [0.4, 0.5) is 0 Å². The van der Waals surface area contributed by atoms with E-state index in [1.54, 1.807) is 0 Å². The smallest absolute Gasteiger partial charge is 0.257 e. The molecule has 0 aliphatic heterocycles. The van der Waals surface area contributed by atoms with E-state index in [4.69, 9.17) is 4.74 Å². The van der Waals surface area contributed by atoms with Gasteiger partial charge < -0.3 is 10.1 Å². The number of nitrogens with one attached hydrogen (secondary N) is 1. The Labute approximate surface area is 152 Å². The van der Waals surface area contributed by atoms with E-state index in [9.17, 15) is 4.79 Å². The number of amides is 1. The number of aryl methyl sites for hydroxylation is 1. The van der Waals surface area contributed by atoms with E-state index in [1.165, 1.54) is 11.1 Å². The minimum absolute atomic E-state index is 0.0327. The Morgan fingerprint density at radius 2 is 1.92 bits per heavy atom. The molecule has 0 radical (unpaired) electrons. The Kier molecular flexibility index (Phi) is 7.32. The van der Waals surface area contributed by atoms with E-state index in [1.807, 2.05) is 36.4 Å². The highest BCUT2D eigenvalue weighted by Gasteiger charge is 2.07. The number of hydrogen-bond acceptors (Lipinski definition) is 2. The zero-order valence-electron chi connectivity index (χ0n) is 14.2. The van der Waals surface area contributed by atoms with Crippen molar-refractivity contribution < 1.29 is 9.53 Å². The van der Waals surface area contributed by atoms with Gasteiger partial charge in [0.1, 0.15) is 5.75 Å². The van der Waals surface area contributed by atoms with Crippen molar-refractivity contribution in [3.8, 4) is 5.75 Å². The maximum Gasteiger partial charge on any atom is 0.257 e. The lowest BCUT2D eigenvalue weighted by molar-refractivity contribution is -0.123. The van der Waals surface area contributed by atoms with Crippen LogP contribution in [0.1, 0.15) is 37.3 Å². The summed E-state index contributed by atoms with van der Waals surface area (Å²) in [5.74, 6) is 1.06. The fourth-order valence-electron chi connectivity index (χ4n) is 2.35. The second-order valence-electron chi connectivity index (χ2n) is 6.07. The highest BCUT2D eigenvalue weighted by molar-refractivity contribution is 9.10. The number of rotatable bonds is 8. The van der Waals surface area contributed by atoms with Gasteiger partial charge in [-0.3, -0.25) is 4.79 Å². The summed E-state index contributed by atoms with van der Waals surface area (Å²) in [5.41, 5.74) is 2.52. The summed E-state index contributed by atoms with van der Waals surface area (Å²) >= 11 is 3.50. The molecule has 4 heteroatoms. The number of halogens is 1. The Hall–Kier alpha value is -1.81. The van der Waals surface area contributed by atoms with Gasteiger partial charge in [-0.2, -0.15) is 0 Å². The van der Waals surface area contributed by atoms with Crippen molar-refractivity contribution in [1.29, 1.82) is 0 Å². The van der Waals surface area contributed by atoms with E-state index >= 15 is 0 Å². The Morgan fingerprint density at radius 1 is 1.17 bits per heavy atom. The quantitative estimate of drug-likeness (QED) is 0.664. The molecule has 3 nitrogen and oxygen atoms in total. The van der Waals surface area contributed by atoms with Crippen LogP contribution >= 0.6 is 15.9 Å². The number of hydrogen-bond donors (Lipinski definition) is 1. The van der Waals surface area contributed by atoms with E-state index in [0.717, 1.165) is 17.3 Å². The molecule has 1 N–H and O–H groups in total. The maximum atomic E-state index is 11.9. The van der Waals surface area contributed by atoms with Crippen LogP contribution in [0.5, 0.6) is 5.75 Å². The molecule has 128 valence electrons. The molecule has 0 fully saturated rings. The molecule has 0 aliphatic carbocycles. The van der Waals surface area contributed by atoms with Gasteiger partial charge >= 0.3 is 0 Å². The van der Waals surface area contributed by atoms with Crippen LogP contribution in [0.25, 0.3) is 0 Å². The van der Waals surface area contributed by atoms with Gasteiger partial charge in [0, 0.05) is 6.54 Å². The Balaban J connectivity index is 1.69. The fourth-order valence-corrected chi connectivity index (χ4v) is 2.86. The van der Waals surface area contributed by atoms with E-state index in [0.29, 0.717) is 18.2 Å². The number of carbonyl (C=O) groups is 1. The van der Waals surface area contributed by atoms with Gasteiger partial charge in [0.2, 0.25) is 0 Å². The number of benzene rings is 2. The molecule has 2 aromatic carbocycles. The molecule has 24 heavy (non-hydrogen) atoms. The molecule has 0 aliphatic rings. The lowest BCUT2D eigenvalue weighted by Gasteiger charge is -2.11. The third-order valence-electron chi connectivity index (χ3n) is 3.79. The van der Waals surface area contributed by atoms with Gasteiger partial charge in [-0.25, -0.2) is 0 Å². The highest BCUT2D eigenvalue weighted by Crippen LogP contribution is 2.28. The van der Waals surface area contributed by atoms with Crippen molar-refractivity contribution in [2.24, 2.45) is 0 Å². The fraction of sp³-hybridized carbons (Fsp3) is 0.350. The highest BCUT2D eigenvalue weighted by atomic mass is 79.9. The van der Waals surface area contributed by atoms with Crippen molar-refractivity contribution in [3.05, 3.63) is 64.1 Å². The zero-order chi connectivity index (χ0) is 17.4. The first-order chi connectivity index (χ1) is 11.6. The van der Waals surface area contributed by atoms with Crippen LogP contribution in [0.3, 0.4) is 0 Å². The summed E-state index contributed by atoms with van der Waals surface area (Å²) < 4.78 is 6.47. The molecular weight excluding hydrogens is 366 g/mol. The topological polar surface area (TPSA) is 38.3 Å². The van der Waals surface area contributed by atoms with Crippen LogP contribution in [-0.4, -0.2) is 19.1 Å². The molecule has 0 saturated heterocycles. The lowest BCUT2D eigenvalue weighted by Crippen LogP contribution is -2.30. The summed E-state index contributed by atoms with van der Waals surface area (Å²) in [7, 11) is 0. The predicted molar refractivity (Wildman–Crippen MR) is 101 cm³/mol. The van der Waals surface area contributed by atoms with Crippen LogP contribution in [-0.2, 0) is 11.2 Å². The van der Waals surface area contributed by atoms with Crippen molar-refractivity contribution in [2.45, 2.75) is 32.6 Å². The lowest BCUT2D eigenvalue weighted by atomic mass is 10.0. The normalized spacial score (nSPS) is 10.7. The molecule has 0 atom stereocenters. The van der Waals surface area contributed by atoms with E-state index in [2.05, 4.69) is 47.2 Å². The molecule has 0 bridgehead atoms. The molecule has 0 heterocycles. The number of ether oxygens (including phenoxy) is 1. The third-order valence-corrected chi connectivity index (χ3v) is 4.41. The first-order valence-electron chi connectivity index (χ1n) is 8.29. The molecule has 0 aromatic heterocycles. The Bertz CT molecular complexity index is 656. The van der Waals surface area contributed by atoms with Gasteiger partial charge in [-0.05, 0) is 57.9 Å². The Morgan fingerprint density at radius 3 is 2.58 bits per heavy atom. The van der Waals surface area contributed by atoms with Crippen LogP contribution in [0.15, 0.2) is 53.0 Å². The summed E-state index contributed by atoms with van der Waals surface area (Å²) in [6, 6.07) is 16.2. The average Bonchev–Trinajstić information content (AvgIpc) is 2.58. The molecule has 0 spiro atoms. The van der Waals surface area contributed by atoms with Crippen molar-refractivity contribution >= 4 is 21.8 Å². The van der Waals surface area contributed by atoms with Crippen LogP contribution in [0.2, 0.25) is 0 Å². The summed E-state index contributed by atoms with van der Waals surface area (Å²) in [6.07, 6.45) is 1.88. The van der Waals surface area contributed by atoms with Crippen molar-refractivity contribution in [2.75, 3.05) is 13.2 Å². The second-order valence-corrected chi connectivity index (χ2v) is 6.93. The molecule has 0 unspecified atom stereocenters. The molecule has 2 aromatic rings. The van der Waals surface area contributed by atoms with E-state index in [-0.39, 0.29) is 12.5 Å². The van der Waals surface area contributed by atoms with Crippen LogP contribution in [0, 0.1) is 0 Å². The third kappa shape index (κ3) is 6.00. The van der Waals surface area contributed by atoms with E-state index < -0.39 is 0 Å². The van der Waals surface area contributed by atoms with Crippen molar-refractivity contribution in [1.82, 2.24) is 5.32 Å². The second kappa shape index (κ2) is 9.48. The summed E-state index contributed by atoms with van der Waals surface area (Å²) in [5, 5.41) is 2.89. The standard InChI is InChI=1S/C20H24BrNO2/c1-15(2)17-10-11-19(18(21)13-17)24-14-20(23)22-12-6-9-16-7-4-3-5-8-16/h3-5,7-8,10-11,13,15H,6,9,12,14H2,1-2H3,(H,22,23). The first kappa shape index (κ1) is 18.5. The summed E-state index contributed by atoms with van der Waals surface area (Å²) in [4.78, 5) is 11.9. The molecule has 1 amide bonds. The molecular formula is C20H24BrNO2. The SMILES string of the molecule is CC(C)c1ccc(OCC(=O)NCCCc2ccccc2)c(Br)c1. The van der Waals surface area contributed by atoms with Crippen LogP contribution < -0.4 is 10.1 Å². The van der Waals surface area contributed by atoms with Crippen molar-refractivity contribution in [3.63, 3.8) is 0 Å². The zero-order valence-corrected chi connectivity index (χ0v) is 15.8. The largest absolute Gasteiger partial charge is 0.483 e. The molecule has 0 saturated carbocycles. The predicted octanol–water partition coefficient (Wildman–Crippen LogP) is 4.70. The minimum atomic E-state index is -0.0945. The van der Waals surface area contributed by atoms with Gasteiger partial charge in [-0.1, -0.05) is 50.2 Å². The average molecular weight is 390 g/mol. The van der Waals surface area contributed by atoms with Gasteiger partial charge in [0.05, 0.1) is 4.47 Å².